The summed E-state index contributed by atoms with van der Waals surface area (Å²) in [6.45, 7) is 3.78. The maximum absolute atomic E-state index is 10.6. The van der Waals surface area contributed by atoms with E-state index >= 15 is 0 Å². The molecular formula is C16H19NO7. The van der Waals surface area contributed by atoms with Crippen LogP contribution in [0.1, 0.15) is 18.4 Å². The van der Waals surface area contributed by atoms with Crippen LogP contribution in [0, 0.1) is 0 Å². The van der Waals surface area contributed by atoms with Crippen molar-refractivity contribution >= 4 is 23.9 Å². The molecule has 0 saturated carbocycles. The van der Waals surface area contributed by atoms with Crippen LogP contribution in [0.5, 0.6) is 11.5 Å². The van der Waals surface area contributed by atoms with Crippen molar-refractivity contribution < 1.29 is 34.4 Å². The fourth-order valence-electron chi connectivity index (χ4n) is 1.36. The largest absolute Gasteiger partial charge is 0.504 e. The number of carboxylic acids is 2. The molecule has 1 aromatic rings. The first-order chi connectivity index (χ1) is 11.3. The zero-order valence-electron chi connectivity index (χ0n) is 12.8. The summed E-state index contributed by atoms with van der Waals surface area (Å²) < 4.78 is 5.28. The van der Waals surface area contributed by atoms with E-state index in [2.05, 4.69) is 6.58 Å². The third-order valence-electron chi connectivity index (χ3n) is 2.35. The fourth-order valence-corrected chi connectivity index (χ4v) is 1.36. The topological polar surface area (TPSA) is 147 Å². The van der Waals surface area contributed by atoms with Crippen molar-refractivity contribution in [1.29, 1.82) is 0 Å². The minimum absolute atomic E-state index is 0.00784. The molecule has 0 saturated heterocycles. The summed E-state index contributed by atoms with van der Waals surface area (Å²) in [5.41, 5.74) is 5.57. The van der Waals surface area contributed by atoms with Gasteiger partial charge in [-0.25, -0.2) is 0 Å². The van der Waals surface area contributed by atoms with Crippen LogP contribution in [-0.2, 0) is 14.4 Å². The molecule has 0 bridgehead atoms. The molecule has 130 valence electrons. The lowest BCUT2D eigenvalue weighted by Gasteiger charge is -2.08. The molecule has 8 heteroatoms. The van der Waals surface area contributed by atoms with Crippen LogP contribution >= 0.6 is 0 Å². The molecule has 0 fully saturated rings. The highest BCUT2D eigenvalue weighted by atomic mass is 16.5. The molecule has 1 aromatic carbocycles. The van der Waals surface area contributed by atoms with Gasteiger partial charge in [0.05, 0.1) is 12.8 Å². The van der Waals surface area contributed by atoms with Gasteiger partial charge in [0.2, 0.25) is 5.91 Å². The van der Waals surface area contributed by atoms with Gasteiger partial charge in [-0.2, -0.15) is 0 Å². The standard InChI is InChI=1S/C12H13NO3.C4H6O4/c1-2-8-16-12-9(6-7-11(13)15)4-3-5-10(12)14;5-3(6)1-2-4(7)8/h2-7,14H,1,8H2,(H2,13,15);1-2H2,(H,5,6)(H,7,8). The Morgan fingerprint density at radius 1 is 1.17 bits per heavy atom. The maximum Gasteiger partial charge on any atom is 0.303 e. The molecule has 0 heterocycles. The third-order valence-corrected chi connectivity index (χ3v) is 2.35. The van der Waals surface area contributed by atoms with Gasteiger partial charge < -0.3 is 25.8 Å². The molecule has 0 aliphatic carbocycles. The van der Waals surface area contributed by atoms with E-state index in [9.17, 15) is 19.5 Å². The van der Waals surface area contributed by atoms with Gasteiger partial charge >= 0.3 is 11.9 Å². The van der Waals surface area contributed by atoms with Crippen molar-refractivity contribution in [3.8, 4) is 11.5 Å². The number of ether oxygens (including phenoxy) is 1. The number of benzene rings is 1. The van der Waals surface area contributed by atoms with Crippen LogP contribution in [-0.4, -0.2) is 39.8 Å². The number of aromatic hydroxyl groups is 1. The van der Waals surface area contributed by atoms with Crippen molar-refractivity contribution in [2.45, 2.75) is 12.8 Å². The number of hydrogen-bond acceptors (Lipinski definition) is 5. The first kappa shape index (κ1) is 20.7. The molecule has 0 aliphatic rings. The number of para-hydroxylation sites is 1. The lowest BCUT2D eigenvalue weighted by atomic mass is 10.1. The summed E-state index contributed by atoms with van der Waals surface area (Å²) in [7, 11) is 0. The van der Waals surface area contributed by atoms with Crippen LogP contribution in [0.2, 0.25) is 0 Å². The molecule has 1 rings (SSSR count). The van der Waals surface area contributed by atoms with Gasteiger partial charge in [-0.1, -0.05) is 24.8 Å². The van der Waals surface area contributed by atoms with Crippen molar-refractivity contribution in [1.82, 2.24) is 0 Å². The zero-order valence-corrected chi connectivity index (χ0v) is 12.8. The molecule has 0 unspecified atom stereocenters. The van der Waals surface area contributed by atoms with Crippen LogP contribution in [0.15, 0.2) is 36.9 Å². The number of carbonyl (C=O) groups excluding carboxylic acids is 1. The highest BCUT2D eigenvalue weighted by Crippen LogP contribution is 2.30. The first-order valence-electron chi connectivity index (χ1n) is 6.74. The Hall–Kier alpha value is -3.29. The van der Waals surface area contributed by atoms with E-state index in [0.29, 0.717) is 11.3 Å². The van der Waals surface area contributed by atoms with E-state index in [4.69, 9.17) is 20.7 Å². The third kappa shape index (κ3) is 9.61. The second-order valence-corrected chi connectivity index (χ2v) is 4.32. The lowest BCUT2D eigenvalue weighted by molar-refractivity contribution is -0.143. The summed E-state index contributed by atoms with van der Waals surface area (Å²) in [6, 6.07) is 4.86. The highest BCUT2D eigenvalue weighted by Gasteiger charge is 2.06. The van der Waals surface area contributed by atoms with Gasteiger partial charge in [0.1, 0.15) is 6.61 Å². The van der Waals surface area contributed by atoms with Crippen molar-refractivity contribution in [2.24, 2.45) is 5.73 Å². The van der Waals surface area contributed by atoms with Crippen molar-refractivity contribution in [3.05, 3.63) is 42.5 Å². The summed E-state index contributed by atoms with van der Waals surface area (Å²) >= 11 is 0. The number of rotatable bonds is 8. The Bertz CT molecular complexity index is 609. The molecule has 1 amide bonds. The van der Waals surface area contributed by atoms with E-state index in [1.54, 1.807) is 18.2 Å². The summed E-state index contributed by atoms with van der Waals surface area (Å²) in [5.74, 6) is -2.40. The first-order valence-corrected chi connectivity index (χ1v) is 6.74. The van der Waals surface area contributed by atoms with E-state index < -0.39 is 17.8 Å². The van der Waals surface area contributed by atoms with Crippen LogP contribution < -0.4 is 10.5 Å². The maximum atomic E-state index is 10.6. The molecule has 0 aromatic heterocycles. The van der Waals surface area contributed by atoms with Gasteiger partial charge in [-0.15, -0.1) is 0 Å². The summed E-state index contributed by atoms with van der Waals surface area (Å²) in [5, 5.41) is 25.4. The summed E-state index contributed by atoms with van der Waals surface area (Å²) in [4.78, 5) is 29.9. The van der Waals surface area contributed by atoms with Gasteiger partial charge in [0.25, 0.3) is 0 Å². The van der Waals surface area contributed by atoms with Crippen molar-refractivity contribution in [2.75, 3.05) is 6.61 Å². The smallest absolute Gasteiger partial charge is 0.303 e. The quantitative estimate of drug-likeness (QED) is 0.414. The van der Waals surface area contributed by atoms with E-state index in [1.807, 2.05) is 0 Å². The van der Waals surface area contributed by atoms with Gasteiger partial charge in [0, 0.05) is 11.6 Å². The predicted octanol–water partition coefficient (Wildman–Crippen LogP) is 1.39. The normalized spacial score (nSPS) is 9.67. The van der Waals surface area contributed by atoms with Gasteiger partial charge in [-0.05, 0) is 12.1 Å². The molecule has 0 aliphatic heterocycles. The zero-order chi connectivity index (χ0) is 18.5. The van der Waals surface area contributed by atoms with Crippen LogP contribution in [0.25, 0.3) is 6.08 Å². The lowest BCUT2D eigenvalue weighted by Crippen LogP contribution is -2.05. The van der Waals surface area contributed by atoms with Gasteiger partial charge in [-0.3, -0.25) is 14.4 Å². The van der Waals surface area contributed by atoms with E-state index in [-0.39, 0.29) is 25.2 Å². The predicted molar refractivity (Wildman–Crippen MR) is 86.5 cm³/mol. The number of phenols is 1. The molecule has 5 N–H and O–H groups in total. The second-order valence-electron chi connectivity index (χ2n) is 4.32. The number of aliphatic carboxylic acids is 2. The molecule has 0 spiro atoms. The van der Waals surface area contributed by atoms with Gasteiger partial charge in [0.15, 0.2) is 11.5 Å². The fraction of sp³-hybridized carbons (Fsp3) is 0.188. The number of nitrogens with two attached hydrogens (primary N) is 1. The molecule has 0 atom stereocenters. The average Bonchev–Trinajstić information content (AvgIpc) is 2.50. The number of carbonyl (C=O) groups is 3. The Balaban J connectivity index is 0.000000561. The monoisotopic (exact) mass is 337 g/mol. The Morgan fingerprint density at radius 2 is 1.75 bits per heavy atom. The van der Waals surface area contributed by atoms with E-state index in [0.717, 1.165) is 0 Å². The van der Waals surface area contributed by atoms with E-state index in [1.165, 1.54) is 18.2 Å². The Kier molecular flexibility index (Phi) is 9.75. The average molecular weight is 337 g/mol. The Morgan fingerprint density at radius 3 is 2.21 bits per heavy atom. The van der Waals surface area contributed by atoms with Crippen LogP contribution in [0.4, 0.5) is 0 Å². The van der Waals surface area contributed by atoms with Crippen LogP contribution in [0.3, 0.4) is 0 Å². The number of primary amides is 1. The minimum Gasteiger partial charge on any atom is -0.504 e. The number of phenolic OH excluding ortho intramolecular Hbond substituents is 1. The Labute approximate surface area is 138 Å². The molecular weight excluding hydrogens is 318 g/mol. The molecule has 8 nitrogen and oxygen atoms in total. The number of amides is 1. The highest BCUT2D eigenvalue weighted by molar-refractivity contribution is 5.90. The number of carboxylic acid groups (broad SMARTS) is 2. The number of hydrogen-bond donors (Lipinski definition) is 4. The SMILES string of the molecule is C=CCOc1c(O)cccc1C=CC(N)=O.O=C(O)CCC(=O)O. The molecule has 0 radical (unpaired) electrons. The second kappa shape index (κ2) is 11.3. The van der Waals surface area contributed by atoms with Crippen molar-refractivity contribution in [3.63, 3.8) is 0 Å². The minimum atomic E-state index is -1.08. The molecule has 24 heavy (non-hydrogen) atoms. The summed E-state index contributed by atoms with van der Waals surface area (Å²) in [6.07, 6.45) is 3.66.